The molecule has 0 spiro atoms. The molecule has 2 aromatic rings. The molecule has 0 aliphatic carbocycles. The molecule has 1 aromatic carbocycles. The van der Waals surface area contributed by atoms with Gasteiger partial charge in [0.1, 0.15) is 11.2 Å². The van der Waals surface area contributed by atoms with Gasteiger partial charge in [0.15, 0.2) is 3.70 Å². The zero-order chi connectivity index (χ0) is 11.4. The predicted octanol–water partition coefficient (Wildman–Crippen LogP) is 3.42. The largest absolute Gasteiger partial charge is 0.471 e. The second-order valence-corrected chi connectivity index (χ2v) is 4.90. The number of halogens is 2. The van der Waals surface area contributed by atoms with Gasteiger partial charge in [-0.2, -0.15) is 0 Å². The Bertz CT molecular complexity index is 479. The molecular formula is C11H8BrIN2O. The number of hydrogen-bond acceptors (Lipinski definition) is 3. The zero-order valence-electron chi connectivity index (χ0n) is 8.23. The summed E-state index contributed by atoms with van der Waals surface area (Å²) in [5.41, 5.74) is 1.11. The molecule has 0 saturated heterocycles. The molecule has 0 amide bonds. The van der Waals surface area contributed by atoms with E-state index in [2.05, 4.69) is 48.5 Å². The van der Waals surface area contributed by atoms with Crippen molar-refractivity contribution in [3.05, 3.63) is 50.4 Å². The van der Waals surface area contributed by atoms with Crippen molar-refractivity contribution in [2.75, 3.05) is 0 Å². The lowest BCUT2D eigenvalue weighted by atomic mass is 10.2. The summed E-state index contributed by atoms with van der Waals surface area (Å²) in [7, 11) is 0. The van der Waals surface area contributed by atoms with Crippen molar-refractivity contribution in [2.24, 2.45) is 0 Å². The molecule has 2 rings (SSSR count). The maximum absolute atomic E-state index is 5.59. The van der Waals surface area contributed by atoms with Crippen LogP contribution in [0.3, 0.4) is 0 Å². The standard InChI is InChI=1S/C11H8BrIN2O/c12-9-6-14-10(13)11(15-9)16-7-8-4-2-1-3-5-8/h1-6H,7H2. The molecule has 0 atom stereocenters. The molecule has 3 nitrogen and oxygen atoms in total. The Hall–Kier alpha value is -0.690. The van der Waals surface area contributed by atoms with Crippen molar-refractivity contribution in [2.45, 2.75) is 6.61 Å². The Morgan fingerprint density at radius 1 is 1.25 bits per heavy atom. The average molecular weight is 391 g/mol. The molecule has 1 heterocycles. The number of benzene rings is 1. The smallest absolute Gasteiger partial charge is 0.247 e. The van der Waals surface area contributed by atoms with Crippen molar-refractivity contribution in [3.8, 4) is 5.88 Å². The van der Waals surface area contributed by atoms with Gasteiger partial charge in [0, 0.05) is 0 Å². The van der Waals surface area contributed by atoms with Crippen molar-refractivity contribution < 1.29 is 4.74 Å². The molecule has 82 valence electrons. The summed E-state index contributed by atoms with van der Waals surface area (Å²) in [6, 6.07) is 9.97. The number of ether oxygens (including phenoxy) is 1. The first-order valence-electron chi connectivity index (χ1n) is 4.60. The molecule has 0 N–H and O–H groups in total. The minimum absolute atomic E-state index is 0.502. The van der Waals surface area contributed by atoms with Gasteiger partial charge in [0.25, 0.3) is 0 Å². The fourth-order valence-corrected chi connectivity index (χ4v) is 1.83. The van der Waals surface area contributed by atoms with Crippen LogP contribution in [-0.4, -0.2) is 9.97 Å². The van der Waals surface area contributed by atoms with Gasteiger partial charge in [0.2, 0.25) is 5.88 Å². The molecule has 1 aromatic heterocycles. The lowest BCUT2D eigenvalue weighted by Gasteiger charge is -2.06. The number of hydrogen-bond donors (Lipinski definition) is 0. The van der Waals surface area contributed by atoms with E-state index in [9.17, 15) is 0 Å². The van der Waals surface area contributed by atoms with Crippen LogP contribution in [0.25, 0.3) is 0 Å². The molecule has 16 heavy (non-hydrogen) atoms. The first kappa shape index (κ1) is 11.8. The molecule has 5 heteroatoms. The van der Waals surface area contributed by atoms with Crippen molar-refractivity contribution in [1.82, 2.24) is 9.97 Å². The Morgan fingerprint density at radius 3 is 2.75 bits per heavy atom. The van der Waals surface area contributed by atoms with Gasteiger partial charge in [-0.1, -0.05) is 30.3 Å². The third-order valence-electron chi connectivity index (χ3n) is 1.89. The molecule has 0 aliphatic heterocycles. The summed E-state index contributed by atoms with van der Waals surface area (Å²) in [5.74, 6) is 0.554. The van der Waals surface area contributed by atoms with E-state index < -0.39 is 0 Å². The van der Waals surface area contributed by atoms with Crippen LogP contribution in [0.15, 0.2) is 41.1 Å². The summed E-state index contributed by atoms with van der Waals surface area (Å²) in [6.07, 6.45) is 1.65. The van der Waals surface area contributed by atoms with Crippen LogP contribution in [0.4, 0.5) is 0 Å². The first-order valence-corrected chi connectivity index (χ1v) is 6.47. The molecule has 0 aliphatic rings. The molecule has 0 saturated carbocycles. The van der Waals surface area contributed by atoms with E-state index >= 15 is 0 Å². The topological polar surface area (TPSA) is 35.0 Å². The van der Waals surface area contributed by atoms with Crippen LogP contribution in [0.5, 0.6) is 5.88 Å². The van der Waals surface area contributed by atoms with Gasteiger partial charge in [-0.15, -0.1) is 0 Å². The second kappa shape index (κ2) is 5.58. The van der Waals surface area contributed by atoms with Gasteiger partial charge >= 0.3 is 0 Å². The Labute approximate surface area is 116 Å². The SMILES string of the molecule is Brc1cnc(I)c(OCc2ccccc2)n1. The van der Waals surface area contributed by atoms with Crippen molar-refractivity contribution in [1.29, 1.82) is 0 Å². The fraction of sp³-hybridized carbons (Fsp3) is 0.0909. The van der Waals surface area contributed by atoms with E-state index in [-0.39, 0.29) is 0 Å². The molecule has 0 unspecified atom stereocenters. The van der Waals surface area contributed by atoms with Crippen LogP contribution in [-0.2, 0) is 6.61 Å². The highest BCUT2D eigenvalue weighted by Crippen LogP contribution is 2.19. The quantitative estimate of drug-likeness (QED) is 0.753. The summed E-state index contributed by atoms with van der Waals surface area (Å²) in [4.78, 5) is 8.36. The van der Waals surface area contributed by atoms with Crippen molar-refractivity contribution >= 4 is 38.5 Å². The third kappa shape index (κ3) is 3.15. The van der Waals surface area contributed by atoms with E-state index in [1.807, 2.05) is 30.3 Å². The van der Waals surface area contributed by atoms with Crippen LogP contribution in [0, 0.1) is 3.70 Å². The lowest BCUT2D eigenvalue weighted by Crippen LogP contribution is -2.00. The number of aromatic nitrogens is 2. The second-order valence-electron chi connectivity index (χ2n) is 3.06. The minimum Gasteiger partial charge on any atom is -0.471 e. The summed E-state index contributed by atoms with van der Waals surface area (Å²) >= 11 is 5.37. The highest BCUT2D eigenvalue weighted by Gasteiger charge is 2.05. The maximum Gasteiger partial charge on any atom is 0.247 e. The Balaban J connectivity index is 2.08. The minimum atomic E-state index is 0.502. The number of rotatable bonds is 3. The first-order chi connectivity index (χ1) is 7.75. The molecule has 0 fully saturated rings. The van der Waals surface area contributed by atoms with Crippen LogP contribution < -0.4 is 4.74 Å². The van der Waals surface area contributed by atoms with Gasteiger partial charge in [0.05, 0.1) is 6.20 Å². The number of nitrogens with zero attached hydrogens (tertiary/aromatic N) is 2. The maximum atomic E-state index is 5.59. The van der Waals surface area contributed by atoms with Gasteiger partial charge < -0.3 is 4.74 Å². The fourth-order valence-electron chi connectivity index (χ4n) is 1.15. The summed E-state index contributed by atoms with van der Waals surface area (Å²) < 4.78 is 7.03. The van der Waals surface area contributed by atoms with Gasteiger partial charge in [-0.25, -0.2) is 9.97 Å². The van der Waals surface area contributed by atoms with E-state index in [1.54, 1.807) is 6.20 Å². The lowest BCUT2D eigenvalue weighted by molar-refractivity contribution is 0.289. The van der Waals surface area contributed by atoms with Crippen molar-refractivity contribution in [3.63, 3.8) is 0 Å². The van der Waals surface area contributed by atoms with Crippen LogP contribution in [0.1, 0.15) is 5.56 Å². The highest BCUT2D eigenvalue weighted by atomic mass is 127. The Kier molecular flexibility index (Phi) is 4.11. The monoisotopic (exact) mass is 390 g/mol. The van der Waals surface area contributed by atoms with E-state index in [0.29, 0.717) is 17.1 Å². The normalized spacial score (nSPS) is 10.1. The van der Waals surface area contributed by atoms with Gasteiger partial charge in [-0.05, 0) is 44.1 Å². The summed E-state index contributed by atoms with van der Waals surface area (Å²) in [5, 5.41) is 0. The van der Waals surface area contributed by atoms with Gasteiger partial charge in [-0.3, -0.25) is 0 Å². The average Bonchev–Trinajstić information content (AvgIpc) is 2.32. The van der Waals surface area contributed by atoms with Crippen LogP contribution in [0.2, 0.25) is 0 Å². The molecule has 0 bridgehead atoms. The predicted molar refractivity (Wildman–Crippen MR) is 73.2 cm³/mol. The molecule has 0 radical (unpaired) electrons. The molecular weight excluding hydrogens is 383 g/mol. The van der Waals surface area contributed by atoms with E-state index in [4.69, 9.17) is 4.74 Å². The third-order valence-corrected chi connectivity index (χ3v) is 3.01. The zero-order valence-corrected chi connectivity index (χ0v) is 12.0. The Morgan fingerprint density at radius 2 is 2.00 bits per heavy atom. The highest BCUT2D eigenvalue weighted by molar-refractivity contribution is 14.1. The summed E-state index contributed by atoms with van der Waals surface area (Å²) in [6.45, 7) is 0.502. The van der Waals surface area contributed by atoms with E-state index in [1.165, 1.54) is 0 Å². The van der Waals surface area contributed by atoms with Crippen LogP contribution >= 0.6 is 38.5 Å². The van der Waals surface area contributed by atoms with E-state index in [0.717, 1.165) is 9.26 Å².